The molecule has 0 aliphatic carbocycles. The molecule has 0 saturated heterocycles. The van der Waals surface area contributed by atoms with E-state index in [0.717, 1.165) is 28.2 Å². The van der Waals surface area contributed by atoms with Gasteiger partial charge in [0, 0.05) is 22.8 Å². The maximum Gasteiger partial charge on any atom is 0.277 e. The third-order valence-corrected chi connectivity index (χ3v) is 4.90. The average Bonchev–Trinajstić information content (AvgIpc) is 3.28. The Morgan fingerprint density at radius 1 is 1.22 bits per heavy atom. The number of amides is 1. The minimum Gasteiger partial charge on any atom is -0.411 e. The zero-order valence-corrected chi connectivity index (χ0v) is 15.1. The lowest BCUT2D eigenvalue weighted by atomic mass is 10.2. The van der Waals surface area contributed by atoms with Crippen molar-refractivity contribution in [1.82, 2.24) is 15.2 Å². The fraction of sp³-hybridized carbons (Fsp3) is 0.105. The maximum absolute atomic E-state index is 13.2. The van der Waals surface area contributed by atoms with Crippen molar-refractivity contribution in [2.75, 3.05) is 5.32 Å². The van der Waals surface area contributed by atoms with Gasteiger partial charge >= 0.3 is 0 Å². The first-order valence-corrected chi connectivity index (χ1v) is 9.11. The minimum absolute atomic E-state index is 0.280. The summed E-state index contributed by atoms with van der Waals surface area (Å²) >= 11 is 1.14. The number of carbonyl (C=O) groups is 1. The van der Waals surface area contributed by atoms with Gasteiger partial charge in [-0.05, 0) is 31.2 Å². The summed E-state index contributed by atoms with van der Waals surface area (Å²) in [4.78, 5) is 15.4. The lowest BCUT2D eigenvalue weighted by Crippen LogP contribution is -2.22. The van der Waals surface area contributed by atoms with Gasteiger partial charge in [0.2, 0.25) is 5.91 Å². The highest BCUT2D eigenvalue weighted by atomic mass is 32.2. The number of carbonyl (C=O) groups excluding carboxylic acids is 1. The minimum atomic E-state index is -0.496. The van der Waals surface area contributed by atoms with Gasteiger partial charge in [-0.1, -0.05) is 36.0 Å². The molecule has 2 aromatic heterocycles. The van der Waals surface area contributed by atoms with E-state index < -0.39 is 11.1 Å². The van der Waals surface area contributed by atoms with Gasteiger partial charge in [0.05, 0.1) is 10.8 Å². The Labute approximate surface area is 158 Å². The molecule has 0 spiro atoms. The molecule has 136 valence electrons. The van der Waals surface area contributed by atoms with Crippen LogP contribution in [0.25, 0.3) is 22.4 Å². The van der Waals surface area contributed by atoms with E-state index in [0.29, 0.717) is 11.6 Å². The lowest BCUT2D eigenvalue weighted by Gasteiger charge is -2.09. The molecule has 6 nitrogen and oxygen atoms in total. The smallest absolute Gasteiger partial charge is 0.277 e. The van der Waals surface area contributed by atoms with Crippen molar-refractivity contribution in [2.24, 2.45) is 0 Å². The normalized spacial score (nSPS) is 12.2. The first-order chi connectivity index (χ1) is 13.1. The fourth-order valence-corrected chi connectivity index (χ4v) is 3.31. The first-order valence-electron chi connectivity index (χ1n) is 8.23. The number of para-hydroxylation sites is 1. The first kappa shape index (κ1) is 17.3. The Morgan fingerprint density at radius 3 is 2.93 bits per heavy atom. The highest BCUT2D eigenvalue weighted by Crippen LogP contribution is 2.30. The fourth-order valence-electron chi connectivity index (χ4n) is 2.63. The average molecular weight is 382 g/mol. The van der Waals surface area contributed by atoms with Crippen molar-refractivity contribution in [3.8, 4) is 11.5 Å². The van der Waals surface area contributed by atoms with E-state index in [1.807, 2.05) is 30.5 Å². The van der Waals surface area contributed by atoms with Gasteiger partial charge in [0.15, 0.2) is 0 Å². The molecule has 0 unspecified atom stereocenters. The van der Waals surface area contributed by atoms with E-state index in [4.69, 9.17) is 4.42 Å². The molecule has 0 aliphatic heterocycles. The summed E-state index contributed by atoms with van der Waals surface area (Å²) < 4.78 is 18.9. The number of aromatic amines is 1. The number of H-pyrrole nitrogens is 1. The largest absolute Gasteiger partial charge is 0.411 e. The third-order valence-electron chi connectivity index (χ3n) is 3.97. The molecule has 0 aliphatic rings. The number of halogens is 1. The Bertz CT molecular complexity index is 1110. The van der Waals surface area contributed by atoms with Gasteiger partial charge in [0.25, 0.3) is 11.1 Å². The molecule has 0 radical (unpaired) electrons. The summed E-state index contributed by atoms with van der Waals surface area (Å²) in [7, 11) is 0. The molecule has 1 atom stereocenters. The van der Waals surface area contributed by atoms with Crippen LogP contribution in [0.3, 0.4) is 0 Å². The molecular weight excluding hydrogens is 367 g/mol. The molecule has 1 amide bonds. The summed E-state index contributed by atoms with van der Waals surface area (Å²) in [6, 6.07) is 13.5. The van der Waals surface area contributed by atoms with Gasteiger partial charge in [-0.25, -0.2) is 4.39 Å². The van der Waals surface area contributed by atoms with Crippen molar-refractivity contribution < 1.29 is 13.6 Å². The molecule has 2 aromatic carbocycles. The number of anilines is 1. The van der Waals surface area contributed by atoms with E-state index in [1.54, 1.807) is 13.0 Å². The van der Waals surface area contributed by atoms with Crippen LogP contribution in [-0.2, 0) is 4.79 Å². The summed E-state index contributed by atoms with van der Waals surface area (Å²) in [5, 5.41) is 11.5. The zero-order chi connectivity index (χ0) is 18.8. The molecule has 4 rings (SSSR count). The van der Waals surface area contributed by atoms with Crippen LogP contribution in [0.1, 0.15) is 6.92 Å². The third kappa shape index (κ3) is 3.70. The van der Waals surface area contributed by atoms with Gasteiger partial charge < -0.3 is 14.7 Å². The Morgan fingerprint density at radius 2 is 2.07 bits per heavy atom. The number of rotatable bonds is 5. The molecular formula is C19H15FN4O2S. The quantitative estimate of drug-likeness (QED) is 0.497. The van der Waals surface area contributed by atoms with E-state index in [1.165, 1.54) is 18.2 Å². The van der Waals surface area contributed by atoms with Crippen molar-refractivity contribution >= 4 is 34.3 Å². The number of hydrogen-bond acceptors (Lipinski definition) is 5. The van der Waals surface area contributed by atoms with Crippen LogP contribution in [0.15, 0.2) is 64.4 Å². The molecule has 0 fully saturated rings. The van der Waals surface area contributed by atoms with Crippen molar-refractivity contribution in [2.45, 2.75) is 17.4 Å². The lowest BCUT2D eigenvalue weighted by molar-refractivity contribution is -0.115. The van der Waals surface area contributed by atoms with Gasteiger partial charge in [-0.15, -0.1) is 10.2 Å². The van der Waals surface area contributed by atoms with Crippen LogP contribution in [0, 0.1) is 5.82 Å². The number of benzene rings is 2. The Kier molecular flexibility index (Phi) is 4.64. The van der Waals surface area contributed by atoms with Gasteiger partial charge in [-0.2, -0.15) is 0 Å². The highest BCUT2D eigenvalue weighted by Gasteiger charge is 2.20. The number of thioether (sulfide) groups is 1. The molecule has 4 aromatic rings. The molecule has 0 bridgehead atoms. The number of nitrogens with zero attached hydrogens (tertiary/aromatic N) is 2. The summed E-state index contributed by atoms with van der Waals surface area (Å²) in [6.45, 7) is 1.72. The molecule has 0 saturated carbocycles. The van der Waals surface area contributed by atoms with Gasteiger partial charge in [-0.3, -0.25) is 4.79 Å². The number of nitrogens with one attached hydrogen (secondary N) is 2. The van der Waals surface area contributed by atoms with Crippen molar-refractivity contribution in [3.63, 3.8) is 0 Å². The van der Waals surface area contributed by atoms with Crippen LogP contribution in [-0.4, -0.2) is 26.3 Å². The van der Waals surface area contributed by atoms with E-state index in [9.17, 15) is 9.18 Å². The monoisotopic (exact) mass is 382 g/mol. The second-order valence-electron chi connectivity index (χ2n) is 5.88. The van der Waals surface area contributed by atoms with Crippen molar-refractivity contribution in [1.29, 1.82) is 0 Å². The van der Waals surface area contributed by atoms with Crippen LogP contribution < -0.4 is 5.32 Å². The summed E-state index contributed by atoms with van der Waals surface area (Å²) in [5.41, 5.74) is 2.18. The number of hydrogen-bond donors (Lipinski definition) is 2. The zero-order valence-electron chi connectivity index (χ0n) is 14.3. The number of fused-ring (bicyclic) bond motifs is 1. The SMILES string of the molecule is C[C@@H](Sc1nnc(-c2c[nH]c3ccccc23)o1)C(=O)Nc1cccc(F)c1. The summed E-state index contributed by atoms with van der Waals surface area (Å²) in [5.74, 6) is -0.307. The molecule has 2 N–H and O–H groups in total. The second kappa shape index (κ2) is 7.24. The summed E-state index contributed by atoms with van der Waals surface area (Å²) in [6.07, 6.45) is 1.81. The van der Waals surface area contributed by atoms with Crippen LogP contribution >= 0.6 is 11.8 Å². The van der Waals surface area contributed by atoms with Crippen molar-refractivity contribution in [3.05, 3.63) is 60.5 Å². The van der Waals surface area contributed by atoms with Crippen LogP contribution in [0.4, 0.5) is 10.1 Å². The van der Waals surface area contributed by atoms with Crippen LogP contribution in [0.2, 0.25) is 0 Å². The number of aromatic nitrogens is 3. The topological polar surface area (TPSA) is 83.8 Å². The molecule has 8 heteroatoms. The second-order valence-corrected chi connectivity index (χ2v) is 7.17. The highest BCUT2D eigenvalue weighted by molar-refractivity contribution is 8.00. The van der Waals surface area contributed by atoms with Gasteiger partial charge in [0.1, 0.15) is 5.82 Å². The molecule has 2 heterocycles. The Balaban J connectivity index is 1.46. The predicted molar refractivity (Wildman–Crippen MR) is 102 cm³/mol. The maximum atomic E-state index is 13.2. The predicted octanol–water partition coefficient (Wildman–Crippen LogP) is 4.48. The van der Waals surface area contributed by atoms with Crippen LogP contribution in [0.5, 0.6) is 0 Å². The van der Waals surface area contributed by atoms with E-state index in [-0.39, 0.29) is 11.1 Å². The molecule has 27 heavy (non-hydrogen) atoms. The van der Waals surface area contributed by atoms with E-state index in [2.05, 4.69) is 20.5 Å². The Hall–Kier alpha value is -3.13. The standard InChI is InChI=1S/C19H15FN4O2S/c1-11(17(25)22-13-6-4-5-12(20)9-13)27-19-24-23-18(26-19)15-10-21-16-8-3-2-7-14(15)16/h2-11,21H,1H3,(H,22,25)/t11-/m1/s1. The van der Waals surface area contributed by atoms with E-state index >= 15 is 0 Å².